The van der Waals surface area contributed by atoms with Gasteiger partial charge >= 0.3 is 0 Å². The molecular weight excluding hydrogens is 285 g/mol. The zero-order valence-corrected chi connectivity index (χ0v) is 12.1. The van der Waals surface area contributed by atoms with Gasteiger partial charge in [0.15, 0.2) is 11.5 Å². The third-order valence-electron chi connectivity index (χ3n) is 3.53. The largest absolute Gasteiger partial charge is 0.485 e. The molecule has 2 aromatic rings. The van der Waals surface area contributed by atoms with Crippen molar-refractivity contribution in [2.45, 2.75) is 19.1 Å². The minimum atomic E-state index is -0.696. The topological polar surface area (TPSA) is 47.6 Å². The Morgan fingerprint density at radius 3 is 2.59 bits per heavy atom. The summed E-state index contributed by atoms with van der Waals surface area (Å²) in [4.78, 5) is 12.3. The summed E-state index contributed by atoms with van der Waals surface area (Å²) in [6, 6.07) is 13.0. The molecule has 0 radical (unpaired) electrons. The summed E-state index contributed by atoms with van der Waals surface area (Å²) in [5.74, 6) is 0.635. The van der Waals surface area contributed by atoms with Crippen LogP contribution in [0.15, 0.2) is 48.5 Å². The number of carbonyl (C=O) groups excluding carboxylic acids is 1. The van der Waals surface area contributed by atoms with Crippen LogP contribution in [0.25, 0.3) is 0 Å². The lowest BCUT2D eigenvalue weighted by atomic mass is 10.1. The van der Waals surface area contributed by atoms with E-state index in [0.29, 0.717) is 11.5 Å². The Morgan fingerprint density at radius 1 is 1.18 bits per heavy atom. The Labute approximate surface area is 127 Å². The van der Waals surface area contributed by atoms with Crippen molar-refractivity contribution in [2.24, 2.45) is 0 Å². The van der Waals surface area contributed by atoms with Crippen LogP contribution in [0.3, 0.4) is 0 Å². The van der Waals surface area contributed by atoms with Gasteiger partial charge in [-0.05, 0) is 36.8 Å². The van der Waals surface area contributed by atoms with Crippen LogP contribution in [-0.4, -0.2) is 18.6 Å². The molecule has 0 aromatic heterocycles. The number of hydrogen-bond donors (Lipinski definition) is 1. The molecule has 114 valence electrons. The minimum absolute atomic E-state index is 0.166. The fraction of sp³-hybridized carbons (Fsp3) is 0.235. The number of ether oxygens (including phenoxy) is 2. The van der Waals surface area contributed by atoms with Crippen molar-refractivity contribution >= 4 is 5.91 Å². The van der Waals surface area contributed by atoms with Gasteiger partial charge in [-0.1, -0.05) is 24.3 Å². The lowest BCUT2D eigenvalue weighted by Crippen LogP contribution is -2.44. The zero-order chi connectivity index (χ0) is 15.5. The van der Waals surface area contributed by atoms with E-state index < -0.39 is 6.10 Å². The van der Waals surface area contributed by atoms with E-state index in [-0.39, 0.29) is 24.4 Å². The molecule has 1 amide bonds. The molecule has 22 heavy (non-hydrogen) atoms. The first-order valence-corrected chi connectivity index (χ1v) is 7.08. The summed E-state index contributed by atoms with van der Waals surface area (Å²) >= 11 is 0. The van der Waals surface area contributed by atoms with E-state index in [0.717, 1.165) is 5.56 Å². The molecule has 5 heteroatoms. The molecule has 1 N–H and O–H groups in total. The SMILES string of the molecule is C[C@@H](NC(=O)[C@@H]1COc2ccccc2O1)c1ccc(F)cc1. The predicted molar refractivity (Wildman–Crippen MR) is 79.3 cm³/mol. The lowest BCUT2D eigenvalue weighted by Gasteiger charge is -2.26. The maximum Gasteiger partial charge on any atom is 0.265 e. The number of amides is 1. The normalized spacial score (nSPS) is 17.6. The van der Waals surface area contributed by atoms with Crippen LogP contribution >= 0.6 is 0 Å². The van der Waals surface area contributed by atoms with Crippen LogP contribution in [0.5, 0.6) is 11.5 Å². The second kappa shape index (κ2) is 6.05. The van der Waals surface area contributed by atoms with Gasteiger partial charge in [0, 0.05) is 0 Å². The third kappa shape index (κ3) is 3.03. The molecule has 0 fully saturated rings. The summed E-state index contributed by atoms with van der Waals surface area (Å²) < 4.78 is 24.1. The first-order chi connectivity index (χ1) is 10.6. The second-order valence-electron chi connectivity index (χ2n) is 5.15. The van der Waals surface area contributed by atoms with E-state index in [1.54, 1.807) is 24.3 Å². The van der Waals surface area contributed by atoms with Gasteiger partial charge in [0.2, 0.25) is 6.10 Å². The quantitative estimate of drug-likeness (QED) is 0.948. The smallest absolute Gasteiger partial charge is 0.265 e. The standard InChI is InChI=1S/C17H16FNO3/c1-11(12-6-8-13(18)9-7-12)19-17(20)16-10-21-14-4-2-3-5-15(14)22-16/h2-9,11,16H,10H2,1H3,(H,19,20)/t11-,16+/m1/s1. The Morgan fingerprint density at radius 2 is 1.86 bits per heavy atom. The monoisotopic (exact) mass is 301 g/mol. The van der Waals surface area contributed by atoms with E-state index in [4.69, 9.17) is 9.47 Å². The van der Waals surface area contributed by atoms with Crippen molar-refractivity contribution in [3.8, 4) is 11.5 Å². The van der Waals surface area contributed by atoms with Crippen LogP contribution in [0.2, 0.25) is 0 Å². The Balaban J connectivity index is 1.64. The molecule has 0 unspecified atom stereocenters. The molecule has 0 spiro atoms. The van der Waals surface area contributed by atoms with Crippen molar-refractivity contribution in [1.29, 1.82) is 0 Å². The maximum atomic E-state index is 12.9. The highest BCUT2D eigenvalue weighted by Crippen LogP contribution is 2.31. The average molecular weight is 301 g/mol. The van der Waals surface area contributed by atoms with Gasteiger partial charge in [-0.25, -0.2) is 4.39 Å². The number of rotatable bonds is 3. The first-order valence-electron chi connectivity index (χ1n) is 7.08. The van der Waals surface area contributed by atoms with Gasteiger partial charge in [-0.2, -0.15) is 0 Å². The molecule has 0 bridgehead atoms. The Bertz CT molecular complexity index is 672. The molecule has 0 saturated heterocycles. The average Bonchev–Trinajstić information content (AvgIpc) is 2.55. The van der Waals surface area contributed by atoms with E-state index in [1.165, 1.54) is 12.1 Å². The van der Waals surface area contributed by atoms with Gasteiger partial charge in [0.05, 0.1) is 6.04 Å². The summed E-state index contributed by atoms with van der Waals surface area (Å²) in [6.07, 6.45) is -0.696. The molecule has 2 atom stereocenters. The zero-order valence-electron chi connectivity index (χ0n) is 12.1. The molecule has 1 aliphatic rings. The fourth-order valence-electron chi connectivity index (χ4n) is 2.29. The van der Waals surface area contributed by atoms with E-state index in [2.05, 4.69) is 5.32 Å². The summed E-state index contributed by atoms with van der Waals surface area (Å²) in [5.41, 5.74) is 0.826. The van der Waals surface area contributed by atoms with E-state index in [9.17, 15) is 9.18 Å². The van der Waals surface area contributed by atoms with Crippen molar-refractivity contribution in [2.75, 3.05) is 6.61 Å². The number of benzene rings is 2. The Kier molecular flexibility index (Phi) is 3.96. The van der Waals surface area contributed by atoms with Gasteiger partial charge in [-0.3, -0.25) is 4.79 Å². The van der Waals surface area contributed by atoms with Crippen molar-refractivity contribution in [1.82, 2.24) is 5.32 Å². The molecule has 2 aromatic carbocycles. The van der Waals surface area contributed by atoms with Gasteiger partial charge in [0.25, 0.3) is 5.91 Å². The molecule has 3 rings (SSSR count). The van der Waals surface area contributed by atoms with E-state index in [1.807, 2.05) is 19.1 Å². The van der Waals surface area contributed by atoms with E-state index >= 15 is 0 Å². The highest BCUT2D eigenvalue weighted by atomic mass is 19.1. The molecule has 4 nitrogen and oxygen atoms in total. The third-order valence-corrected chi connectivity index (χ3v) is 3.53. The number of hydrogen-bond acceptors (Lipinski definition) is 3. The molecular formula is C17H16FNO3. The van der Waals surface area contributed by atoms with Crippen LogP contribution in [0.4, 0.5) is 4.39 Å². The van der Waals surface area contributed by atoms with Crippen LogP contribution in [-0.2, 0) is 4.79 Å². The summed E-state index contributed by atoms with van der Waals surface area (Å²) in [6.45, 7) is 2.00. The van der Waals surface area contributed by atoms with Crippen molar-refractivity contribution in [3.63, 3.8) is 0 Å². The summed E-state index contributed by atoms with van der Waals surface area (Å²) in [5, 5.41) is 2.85. The number of carbonyl (C=O) groups is 1. The highest BCUT2D eigenvalue weighted by molar-refractivity contribution is 5.82. The molecule has 1 aliphatic heterocycles. The number of halogens is 1. The lowest BCUT2D eigenvalue weighted by molar-refractivity contribution is -0.131. The number of para-hydroxylation sites is 2. The van der Waals surface area contributed by atoms with Crippen LogP contribution in [0, 0.1) is 5.82 Å². The summed E-state index contributed by atoms with van der Waals surface area (Å²) in [7, 11) is 0. The van der Waals surface area contributed by atoms with Crippen molar-refractivity contribution in [3.05, 3.63) is 59.9 Å². The number of fused-ring (bicyclic) bond motifs is 1. The molecule has 0 saturated carbocycles. The van der Waals surface area contributed by atoms with Gasteiger partial charge < -0.3 is 14.8 Å². The van der Waals surface area contributed by atoms with Crippen LogP contribution < -0.4 is 14.8 Å². The fourth-order valence-corrected chi connectivity index (χ4v) is 2.29. The molecule has 0 aliphatic carbocycles. The minimum Gasteiger partial charge on any atom is -0.485 e. The van der Waals surface area contributed by atoms with Crippen molar-refractivity contribution < 1.29 is 18.7 Å². The maximum absolute atomic E-state index is 12.9. The van der Waals surface area contributed by atoms with Gasteiger partial charge in [0.1, 0.15) is 12.4 Å². The Hall–Kier alpha value is -2.56. The second-order valence-corrected chi connectivity index (χ2v) is 5.15. The predicted octanol–water partition coefficient (Wildman–Crippen LogP) is 2.84. The molecule has 1 heterocycles. The van der Waals surface area contributed by atoms with Crippen LogP contribution in [0.1, 0.15) is 18.5 Å². The van der Waals surface area contributed by atoms with Gasteiger partial charge in [-0.15, -0.1) is 0 Å². The first kappa shape index (κ1) is 14.4. The highest BCUT2D eigenvalue weighted by Gasteiger charge is 2.28. The number of nitrogens with one attached hydrogen (secondary N) is 1.